The van der Waals surface area contributed by atoms with Crippen molar-refractivity contribution in [1.29, 1.82) is 0 Å². The van der Waals surface area contributed by atoms with Crippen LogP contribution in [-0.2, 0) is 0 Å². The highest BCUT2D eigenvalue weighted by atomic mass is 15.3. The highest BCUT2D eigenvalue weighted by Crippen LogP contribution is 2.17. The molecule has 2 N–H and O–H groups in total. The van der Waals surface area contributed by atoms with Crippen molar-refractivity contribution < 1.29 is 0 Å². The van der Waals surface area contributed by atoms with Crippen LogP contribution in [0.3, 0.4) is 0 Å². The fourth-order valence-corrected chi connectivity index (χ4v) is 1.93. The Kier molecular flexibility index (Phi) is 4.50. The Bertz CT molecular complexity index is 560. The molecular formula is C15H21N5. The number of rotatable bonds is 5. The molecule has 0 spiro atoms. The average Bonchev–Trinajstić information content (AvgIpc) is 2.35. The molecule has 5 nitrogen and oxygen atoms in total. The Hall–Kier alpha value is -2.17. The van der Waals surface area contributed by atoms with Gasteiger partial charge in [0.25, 0.3) is 0 Å². The molecule has 20 heavy (non-hydrogen) atoms. The number of anilines is 3. The standard InChI is InChI=1S/C15H21N5/c1-10(2)8-16-14-9-17-20-15(19-14)18-13-6-11(3)5-12(4)7-13/h5-7,9-10H,8H2,1-4H3,(H2,16,18,19,20). The SMILES string of the molecule is Cc1cc(C)cc(Nc2nncc(NCC(C)C)n2)c1. The molecule has 2 aromatic rings. The lowest BCUT2D eigenvalue weighted by Crippen LogP contribution is -2.10. The van der Waals surface area contributed by atoms with Crippen molar-refractivity contribution in [3.63, 3.8) is 0 Å². The first-order valence-corrected chi connectivity index (χ1v) is 6.82. The van der Waals surface area contributed by atoms with Crippen LogP contribution < -0.4 is 10.6 Å². The Morgan fingerprint density at radius 3 is 2.45 bits per heavy atom. The number of hydrogen-bond acceptors (Lipinski definition) is 5. The predicted molar refractivity (Wildman–Crippen MR) is 82.4 cm³/mol. The molecule has 0 radical (unpaired) electrons. The van der Waals surface area contributed by atoms with Crippen LogP contribution in [-0.4, -0.2) is 21.7 Å². The summed E-state index contributed by atoms with van der Waals surface area (Å²) in [5.74, 6) is 1.80. The zero-order valence-electron chi connectivity index (χ0n) is 12.4. The van der Waals surface area contributed by atoms with Gasteiger partial charge < -0.3 is 10.6 Å². The fraction of sp³-hybridized carbons (Fsp3) is 0.400. The summed E-state index contributed by atoms with van der Waals surface area (Å²) < 4.78 is 0. The van der Waals surface area contributed by atoms with Crippen LogP contribution in [0.15, 0.2) is 24.4 Å². The molecule has 0 aliphatic heterocycles. The van der Waals surface area contributed by atoms with E-state index in [1.54, 1.807) is 6.20 Å². The normalized spacial score (nSPS) is 10.7. The molecule has 0 bridgehead atoms. The molecule has 106 valence electrons. The molecule has 1 aromatic heterocycles. The lowest BCUT2D eigenvalue weighted by Gasteiger charge is -2.10. The van der Waals surface area contributed by atoms with Crippen LogP contribution in [0.4, 0.5) is 17.5 Å². The molecule has 0 aliphatic rings. The minimum atomic E-state index is 0.503. The van der Waals surface area contributed by atoms with Crippen LogP contribution in [0.1, 0.15) is 25.0 Å². The first kappa shape index (κ1) is 14.2. The van der Waals surface area contributed by atoms with E-state index in [1.807, 2.05) is 0 Å². The van der Waals surface area contributed by atoms with Gasteiger partial charge in [-0.25, -0.2) is 0 Å². The van der Waals surface area contributed by atoms with Crippen molar-refractivity contribution in [2.45, 2.75) is 27.7 Å². The molecule has 0 amide bonds. The number of nitrogens with one attached hydrogen (secondary N) is 2. The van der Waals surface area contributed by atoms with Crippen molar-refractivity contribution >= 4 is 17.5 Å². The highest BCUT2D eigenvalue weighted by molar-refractivity contribution is 5.56. The topological polar surface area (TPSA) is 62.7 Å². The molecule has 0 unspecified atom stereocenters. The molecule has 5 heteroatoms. The lowest BCUT2D eigenvalue weighted by molar-refractivity contribution is 0.686. The van der Waals surface area contributed by atoms with Gasteiger partial charge >= 0.3 is 0 Å². The summed E-state index contributed by atoms with van der Waals surface area (Å²) in [5.41, 5.74) is 3.38. The summed E-state index contributed by atoms with van der Waals surface area (Å²) in [6, 6.07) is 6.25. The van der Waals surface area contributed by atoms with Crippen LogP contribution >= 0.6 is 0 Å². The van der Waals surface area contributed by atoms with E-state index in [2.05, 4.69) is 71.7 Å². The van der Waals surface area contributed by atoms with Gasteiger partial charge in [0.15, 0.2) is 5.82 Å². The van der Waals surface area contributed by atoms with E-state index in [0.29, 0.717) is 11.9 Å². The van der Waals surface area contributed by atoms with Gasteiger partial charge in [-0.2, -0.15) is 10.1 Å². The van der Waals surface area contributed by atoms with E-state index in [4.69, 9.17) is 0 Å². The molecular weight excluding hydrogens is 250 g/mol. The largest absolute Gasteiger partial charge is 0.368 e. The predicted octanol–water partition coefficient (Wildman–Crippen LogP) is 3.30. The fourth-order valence-electron chi connectivity index (χ4n) is 1.93. The third-order valence-electron chi connectivity index (χ3n) is 2.73. The summed E-state index contributed by atoms with van der Waals surface area (Å²) >= 11 is 0. The summed E-state index contributed by atoms with van der Waals surface area (Å²) in [6.07, 6.45) is 1.63. The number of aryl methyl sites for hydroxylation is 2. The van der Waals surface area contributed by atoms with Gasteiger partial charge in [-0.3, -0.25) is 0 Å². The van der Waals surface area contributed by atoms with Crippen molar-refractivity contribution in [2.24, 2.45) is 5.92 Å². The van der Waals surface area contributed by atoms with E-state index in [9.17, 15) is 0 Å². The van der Waals surface area contributed by atoms with E-state index in [0.717, 1.165) is 18.1 Å². The van der Waals surface area contributed by atoms with Gasteiger partial charge in [-0.05, 0) is 43.0 Å². The zero-order chi connectivity index (χ0) is 14.5. The molecule has 0 aliphatic carbocycles. The Morgan fingerprint density at radius 2 is 1.80 bits per heavy atom. The van der Waals surface area contributed by atoms with E-state index in [1.165, 1.54) is 11.1 Å². The third-order valence-corrected chi connectivity index (χ3v) is 2.73. The van der Waals surface area contributed by atoms with Gasteiger partial charge in [-0.1, -0.05) is 19.9 Å². The second kappa shape index (κ2) is 6.32. The van der Waals surface area contributed by atoms with Crippen molar-refractivity contribution in [3.8, 4) is 0 Å². The number of hydrogen-bond donors (Lipinski definition) is 2. The second-order valence-corrected chi connectivity index (χ2v) is 5.44. The van der Waals surface area contributed by atoms with Crippen LogP contribution in [0, 0.1) is 19.8 Å². The Balaban J connectivity index is 2.11. The maximum atomic E-state index is 4.40. The molecule has 1 heterocycles. The van der Waals surface area contributed by atoms with Crippen molar-refractivity contribution in [2.75, 3.05) is 17.2 Å². The third kappa shape index (κ3) is 4.19. The maximum absolute atomic E-state index is 4.40. The van der Waals surface area contributed by atoms with Gasteiger partial charge in [0, 0.05) is 12.2 Å². The first-order chi connectivity index (χ1) is 9.52. The van der Waals surface area contributed by atoms with Crippen molar-refractivity contribution in [3.05, 3.63) is 35.5 Å². The van der Waals surface area contributed by atoms with Gasteiger partial charge in [0.1, 0.15) is 0 Å². The van der Waals surface area contributed by atoms with Crippen LogP contribution in [0.2, 0.25) is 0 Å². The van der Waals surface area contributed by atoms with Gasteiger partial charge in [0.2, 0.25) is 5.95 Å². The molecule has 2 rings (SSSR count). The number of aromatic nitrogens is 3. The summed E-state index contributed by atoms with van der Waals surface area (Å²) in [4.78, 5) is 4.40. The molecule has 0 atom stereocenters. The first-order valence-electron chi connectivity index (χ1n) is 6.82. The summed E-state index contributed by atoms with van der Waals surface area (Å²) in [7, 11) is 0. The highest BCUT2D eigenvalue weighted by Gasteiger charge is 2.03. The average molecular weight is 271 g/mol. The second-order valence-electron chi connectivity index (χ2n) is 5.44. The quantitative estimate of drug-likeness (QED) is 0.873. The van der Waals surface area contributed by atoms with Crippen LogP contribution in [0.5, 0.6) is 0 Å². The number of nitrogens with zero attached hydrogens (tertiary/aromatic N) is 3. The van der Waals surface area contributed by atoms with Gasteiger partial charge in [-0.15, -0.1) is 5.10 Å². The molecule has 0 fully saturated rings. The maximum Gasteiger partial charge on any atom is 0.249 e. The smallest absolute Gasteiger partial charge is 0.249 e. The van der Waals surface area contributed by atoms with E-state index in [-0.39, 0.29) is 0 Å². The Morgan fingerprint density at radius 1 is 1.10 bits per heavy atom. The molecule has 1 aromatic carbocycles. The van der Waals surface area contributed by atoms with E-state index >= 15 is 0 Å². The summed E-state index contributed by atoms with van der Waals surface area (Å²) in [6.45, 7) is 9.30. The summed E-state index contributed by atoms with van der Waals surface area (Å²) in [5, 5.41) is 14.4. The van der Waals surface area contributed by atoms with Crippen molar-refractivity contribution in [1.82, 2.24) is 15.2 Å². The lowest BCUT2D eigenvalue weighted by atomic mass is 10.1. The minimum Gasteiger partial charge on any atom is -0.368 e. The zero-order valence-corrected chi connectivity index (χ0v) is 12.4. The molecule has 0 saturated carbocycles. The monoisotopic (exact) mass is 271 g/mol. The molecule has 0 saturated heterocycles. The van der Waals surface area contributed by atoms with E-state index < -0.39 is 0 Å². The minimum absolute atomic E-state index is 0.503. The number of benzene rings is 1. The Labute approximate surface area is 119 Å². The van der Waals surface area contributed by atoms with Crippen LogP contribution in [0.25, 0.3) is 0 Å². The van der Waals surface area contributed by atoms with Gasteiger partial charge in [0.05, 0.1) is 6.20 Å².